The first kappa shape index (κ1) is 19.6. The molecule has 2 aromatic heterocycles. The van der Waals surface area contributed by atoms with Crippen LogP contribution in [-0.4, -0.2) is 51.6 Å². The summed E-state index contributed by atoms with van der Waals surface area (Å²) in [6.45, 7) is 3.22. The van der Waals surface area contributed by atoms with Crippen molar-refractivity contribution < 1.29 is 9.59 Å². The molecule has 0 aliphatic heterocycles. The first-order chi connectivity index (χ1) is 13.5. The molecule has 2 heterocycles. The van der Waals surface area contributed by atoms with E-state index in [4.69, 9.17) is 0 Å². The maximum Gasteiger partial charge on any atom is 0.289 e. The van der Waals surface area contributed by atoms with Gasteiger partial charge in [-0.05, 0) is 24.1 Å². The second-order valence-corrected chi connectivity index (χ2v) is 6.97. The number of unbranched alkanes of at least 4 members (excludes halogenated alkanes) is 1. The minimum Gasteiger partial charge on any atom is -0.339 e. The van der Waals surface area contributed by atoms with Gasteiger partial charge in [-0.3, -0.25) is 14.0 Å². The molecule has 0 N–H and O–H groups in total. The second-order valence-electron chi connectivity index (χ2n) is 6.97. The molecule has 3 rings (SSSR count). The van der Waals surface area contributed by atoms with Crippen molar-refractivity contribution in [2.75, 3.05) is 20.6 Å². The van der Waals surface area contributed by atoms with E-state index in [-0.39, 0.29) is 17.6 Å². The summed E-state index contributed by atoms with van der Waals surface area (Å²) in [5.41, 5.74) is 1.98. The third-order valence-electron chi connectivity index (χ3n) is 4.75. The van der Waals surface area contributed by atoms with Crippen molar-refractivity contribution in [3.63, 3.8) is 0 Å². The summed E-state index contributed by atoms with van der Waals surface area (Å²) in [7, 11) is 3.52. The van der Waals surface area contributed by atoms with Crippen molar-refractivity contribution in [3.8, 4) is 0 Å². The van der Waals surface area contributed by atoms with Crippen LogP contribution in [0.1, 0.15) is 46.4 Å². The summed E-state index contributed by atoms with van der Waals surface area (Å²) in [5, 5.41) is 0. The molecule has 0 saturated heterocycles. The van der Waals surface area contributed by atoms with Crippen molar-refractivity contribution in [2.24, 2.45) is 0 Å². The fourth-order valence-corrected chi connectivity index (χ4v) is 3.12. The SMILES string of the molecule is CCCCN(C)C(=O)c1nc(C(=O)N(C)Cc2ccccc2)c2ccccn12. The van der Waals surface area contributed by atoms with Gasteiger partial charge in [0.1, 0.15) is 0 Å². The van der Waals surface area contributed by atoms with E-state index in [1.165, 1.54) is 0 Å². The number of aromatic nitrogens is 2. The normalized spacial score (nSPS) is 10.8. The van der Waals surface area contributed by atoms with Crippen LogP contribution < -0.4 is 0 Å². The summed E-state index contributed by atoms with van der Waals surface area (Å²) in [6.07, 6.45) is 3.71. The van der Waals surface area contributed by atoms with Gasteiger partial charge in [0.15, 0.2) is 5.69 Å². The van der Waals surface area contributed by atoms with Gasteiger partial charge >= 0.3 is 0 Å². The Morgan fingerprint density at radius 2 is 1.68 bits per heavy atom. The summed E-state index contributed by atoms with van der Waals surface area (Å²) in [5.74, 6) is -0.118. The molecule has 28 heavy (non-hydrogen) atoms. The zero-order valence-electron chi connectivity index (χ0n) is 16.6. The van der Waals surface area contributed by atoms with Crippen LogP contribution in [-0.2, 0) is 6.54 Å². The van der Waals surface area contributed by atoms with Crippen LogP contribution in [0.4, 0.5) is 0 Å². The molecule has 3 aromatic rings. The first-order valence-electron chi connectivity index (χ1n) is 9.54. The lowest BCUT2D eigenvalue weighted by atomic mass is 10.2. The lowest BCUT2D eigenvalue weighted by molar-refractivity contribution is 0.0777. The van der Waals surface area contributed by atoms with Gasteiger partial charge < -0.3 is 9.80 Å². The Balaban J connectivity index is 1.91. The topological polar surface area (TPSA) is 57.9 Å². The molecule has 0 saturated carbocycles. The van der Waals surface area contributed by atoms with E-state index in [9.17, 15) is 9.59 Å². The van der Waals surface area contributed by atoms with Gasteiger partial charge in [-0.1, -0.05) is 49.7 Å². The third kappa shape index (κ3) is 4.06. The quantitative estimate of drug-likeness (QED) is 0.632. The number of hydrogen-bond donors (Lipinski definition) is 0. The van der Waals surface area contributed by atoms with Gasteiger partial charge in [0.05, 0.1) is 5.52 Å². The van der Waals surface area contributed by atoms with E-state index in [1.807, 2.05) is 48.5 Å². The van der Waals surface area contributed by atoms with Gasteiger partial charge in [-0.15, -0.1) is 0 Å². The molecule has 0 atom stereocenters. The molecule has 2 amide bonds. The van der Waals surface area contributed by atoms with Crippen molar-refractivity contribution in [1.82, 2.24) is 19.2 Å². The highest BCUT2D eigenvalue weighted by atomic mass is 16.2. The Morgan fingerprint density at radius 1 is 0.964 bits per heavy atom. The van der Waals surface area contributed by atoms with E-state index >= 15 is 0 Å². The van der Waals surface area contributed by atoms with Gasteiger partial charge in [-0.25, -0.2) is 4.98 Å². The number of carbonyl (C=O) groups excluding carboxylic acids is 2. The Morgan fingerprint density at radius 3 is 2.39 bits per heavy atom. The van der Waals surface area contributed by atoms with E-state index in [0.29, 0.717) is 24.3 Å². The number of hydrogen-bond acceptors (Lipinski definition) is 3. The van der Waals surface area contributed by atoms with E-state index in [0.717, 1.165) is 18.4 Å². The van der Waals surface area contributed by atoms with E-state index in [1.54, 1.807) is 34.5 Å². The zero-order chi connectivity index (χ0) is 20.1. The molecule has 6 heteroatoms. The number of nitrogens with zero attached hydrogens (tertiary/aromatic N) is 4. The van der Waals surface area contributed by atoms with Crippen LogP contribution >= 0.6 is 0 Å². The summed E-state index contributed by atoms with van der Waals surface area (Å²) < 4.78 is 1.70. The van der Waals surface area contributed by atoms with Gasteiger partial charge in [-0.2, -0.15) is 0 Å². The minimum atomic E-state index is -0.206. The predicted octanol–water partition coefficient (Wildman–Crippen LogP) is 3.48. The molecule has 0 unspecified atom stereocenters. The van der Waals surface area contributed by atoms with Crippen LogP contribution in [0.25, 0.3) is 5.52 Å². The highest BCUT2D eigenvalue weighted by Crippen LogP contribution is 2.17. The average Bonchev–Trinajstić information content (AvgIpc) is 3.11. The van der Waals surface area contributed by atoms with Crippen LogP contribution in [0.3, 0.4) is 0 Å². The standard InChI is InChI=1S/C22H26N4O2/c1-4-5-14-24(2)22(28)20-23-19(18-13-9-10-15-26(18)20)21(27)25(3)16-17-11-7-6-8-12-17/h6-13,15H,4-5,14,16H2,1-3H3. The van der Waals surface area contributed by atoms with Crippen LogP contribution in [0.15, 0.2) is 54.7 Å². The molecule has 146 valence electrons. The number of imidazole rings is 1. The molecule has 0 aliphatic carbocycles. The lowest BCUT2D eigenvalue weighted by Gasteiger charge is -2.16. The second kappa shape index (κ2) is 8.69. The summed E-state index contributed by atoms with van der Waals surface area (Å²) in [6, 6.07) is 15.3. The molecule has 0 bridgehead atoms. The van der Waals surface area contributed by atoms with Crippen LogP contribution in [0.2, 0.25) is 0 Å². The number of amides is 2. The van der Waals surface area contributed by atoms with E-state index < -0.39 is 0 Å². The Bertz CT molecular complexity index is 965. The fraction of sp³-hybridized carbons (Fsp3) is 0.318. The molecule has 6 nitrogen and oxygen atoms in total. The maximum absolute atomic E-state index is 13.1. The molecular weight excluding hydrogens is 352 g/mol. The number of pyridine rings is 1. The minimum absolute atomic E-state index is 0.181. The molecule has 0 fully saturated rings. The largest absolute Gasteiger partial charge is 0.339 e. The molecule has 1 aromatic carbocycles. The first-order valence-corrected chi connectivity index (χ1v) is 9.54. The number of fused-ring (bicyclic) bond motifs is 1. The third-order valence-corrected chi connectivity index (χ3v) is 4.75. The monoisotopic (exact) mass is 378 g/mol. The molecule has 0 spiro atoms. The highest BCUT2D eigenvalue weighted by Gasteiger charge is 2.25. The predicted molar refractivity (Wildman–Crippen MR) is 109 cm³/mol. The molecule has 0 aliphatic rings. The Hall–Kier alpha value is -3.15. The average molecular weight is 378 g/mol. The van der Waals surface area contributed by atoms with E-state index in [2.05, 4.69) is 11.9 Å². The Labute approximate surface area is 165 Å². The number of carbonyl (C=O) groups is 2. The number of rotatable bonds is 7. The fourth-order valence-electron chi connectivity index (χ4n) is 3.12. The zero-order valence-corrected chi connectivity index (χ0v) is 16.6. The maximum atomic E-state index is 13.1. The van der Waals surface area contributed by atoms with Gasteiger partial charge in [0, 0.05) is 33.4 Å². The Kier molecular flexibility index (Phi) is 6.09. The van der Waals surface area contributed by atoms with Gasteiger partial charge in [0.25, 0.3) is 11.8 Å². The van der Waals surface area contributed by atoms with Crippen LogP contribution in [0.5, 0.6) is 0 Å². The van der Waals surface area contributed by atoms with Gasteiger partial charge in [0.2, 0.25) is 5.82 Å². The van der Waals surface area contributed by atoms with Crippen molar-refractivity contribution in [2.45, 2.75) is 26.3 Å². The molecule has 0 radical (unpaired) electrons. The smallest absolute Gasteiger partial charge is 0.289 e. The summed E-state index contributed by atoms with van der Waals surface area (Å²) in [4.78, 5) is 33.7. The highest BCUT2D eigenvalue weighted by molar-refractivity contribution is 6.02. The van der Waals surface area contributed by atoms with Crippen molar-refractivity contribution in [1.29, 1.82) is 0 Å². The number of benzene rings is 1. The summed E-state index contributed by atoms with van der Waals surface area (Å²) >= 11 is 0. The van der Waals surface area contributed by atoms with Crippen LogP contribution in [0, 0.1) is 0 Å². The lowest BCUT2D eigenvalue weighted by Crippen LogP contribution is -2.29. The van der Waals surface area contributed by atoms with Crippen molar-refractivity contribution in [3.05, 3.63) is 71.8 Å². The van der Waals surface area contributed by atoms with Crippen molar-refractivity contribution >= 4 is 17.3 Å². The molecular formula is C22H26N4O2.